The van der Waals surface area contributed by atoms with Crippen LogP contribution in [-0.4, -0.2) is 26.2 Å². The predicted octanol–water partition coefficient (Wildman–Crippen LogP) is 4.87. The third-order valence-corrected chi connectivity index (χ3v) is 5.48. The average Bonchev–Trinajstić information content (AvgIpc) is 2.80. The first-order valence-corrected chi connectivity index (χ1v) is 10.4. The molecule has 0 aliphatic rings. The first-order chi connectivity index (χ1) is 15.9. The van der Waals surface area contributed by atoms with Gasteiger partial charge >= 0.3 is 0 Å². The van der Waals surface area contributed by atoms with Crippen LogP contribution in [-0.2, 0) is 0 Å². The summed E-state index contributed by atoms with van der Waals surface area (Å²) >= 11 is 5.73. The molecule has 9 heteroatoms. The van der Waals surface area contributed by atoms with Crippen molar-refractivity contribution < 1.29 is 13.9 Å². The topological polar surface area (TPSA) is 80.0 Å². The number of halogens is 3. The summed E-state index contributed by atoms with van der Waals surface area (Å²) in [5.41, 5.74) is 2.40. The Kier molecular flexibility index (Phi) is 6.48. The molecule has 168 valence electrons. The Bertz CT molecular complexity index is 1380. The van der Waals surface area contributed by atoms with Crippen molar-refractivity contribution in [1.29, 1.82) is 0 Å². The van der Waals surface area contributed by atoms with Gasteiger partial charge in [0.2, 0.25) is 5.95 Å². The lowest BCUT2D eigenvalue weighted by atomic mass is 10.1. The molecule has 0 aliphatic heterocycles. The zero-order chi connectivity index (χ0) is 23.5. The first kappa shape index (κ1) is 22.6. The van der Waals surface area contributed by atoms with Crippen LogP contribution in [0.4, 0.5) is 20.4 Å². The third kappa shape index (κ3) is 4.92. The number of benzene rings is 2. The van der Waals surface area contributed by atoms with Gasteiger partial charge < -0.3 is 15.0 Å². The van der Waals surface area contributed by atoms with E-state index < -0.39 is 24.0 Å². The van der Waals surface area contributed by atoms with Crippen LogP contribution in [0.1, 0.15) is 17.2 Å². The van der Waals surface area contributed by atoms with Gasteiger partial charge in [0.15, 0.2) is 0 Å². The van der Waals surface area contributed by atoms with Crippen molar-refractivity contribution in [2.75, 3.05) is 11.9 Å². The second kappa shape index (κ2) is 9.48. The van der Waals surface area contributed by atoms with Crippen LogP contribution >= 0.6 is 11.6 Å². The van der Waals surface area contributed by atoms with E-state index >= 15 is 0 Å². The van der Waals surface area contributed by atoms with Gasteiger partial charge in [0.25, 0.3) is 5.56 Å². The molecule has 33 heavy (non-hydrogen) atoms. The number of aliphatic hydroxyl groups excluding tert-OH is 1. The van der Waals surface area contributed by atoms with Gasteiger partial charge in [-0.1, -0.05) is 17.7 Å². The number of pyridine rings is 1. The summed E-state index contributed by atoms with van der Waals surface area (Å²) in [5.74, 6) is -0.679. The Morgan fingerprint density at radius 3 is 2.64 bits per heavy atom. The fraction of sp³-hybridized carbons (Fsp3) is 0.125. The molecular formula is C24H19ClF2N4O2. The van der Waals surface area contributed by atoms with Crippen molar-refractivity contribution in [2.45, 2.75) is 13.0 Å². The van der Waals surface area contributed by atoms with E-state index in [4.69, 9.17) is 11.6 Å². The summed E-state index contributed by atoms with van der Waals surface area (Å²) in [6.07, 6.45) is 3.06. The number of aryl methyl sites for hydroxylation is 1. The Hall–Kier alpha value is -3.62. The lowest BCUT2D eigenvalue weighted by Crippen LogP contribution is -2.27. The normalized spacial score (nSPS) is 11.9. The number of nitrogens with zero attached hydrogens (tertiary/aromatic N) is 3. The molecule has 2 aromatic carbocycles. The number of rotatable bonds is 6. The van der Waals surface area contributed by atoms with Crippen LogP contribution in [0, 0.1) is 18.6 Å². The van der Waals surface area contributed by atoms with Crippen LogP contribution in [0.15, 0.2) is 71.8 Å². The molecule has 0 bridgehead atoms. The van der Waals surface area contributed by atoms with Gasteiger partial charge in [-0.25, -0.2) is 18.7 Å². The fourth-order valence-electron chi connectivity index (χ4n) is 3.45. The molecule has 0 saturated carbocycles. The second-order valence-electron chi connectivity index (χ2n) is 7.38. The zero-order valence-electron chi connectivity index (χ0n) is 17.5. The lowest BCUT2D eigenvalue weighted by molar-refractivity contribution is 0.247. The summed E-state index contributed by atoms with van der Waals surface area (Å²) < 4.78 is 28.5. The SMILES string of the molecule is Cc1cc(F)ccc1Nc1nccc(-c2ccn(C(CO)c3ccc(Cl)c(F)c3)c(=O)c2)n1. The predicted molar refractivity (Wildman–Crippen MR) is 123 cm³/mol. The number of aromatic nitrogens is 3. The van der Waals surface area contributed by atoms with Gasteiger partial charge in [-0.15, -0.1) is 0 Å². The molecule has 2 N–H and O–H groups in total. The molecule has 0 radical (unpaired) electrons. The second-order valence-corrected chi connectivity index (χ2v) is 7.79. The summed E-state index contributed by atoms with van der Waals surface area (Å²) in [6, 6.07) is 12.4. The van der Waals surface area contributed by atoms with E-state index in [1.54, 1.807) is 37.4 Å². The van der Waals surface area contributed by atoms with Crippen LogP contribution in [0.25, 0.3) is 11.3 Å². The van der Waals surface area contributed by atoms with Crippen molar-refractivity contribution in [3.05, 3.63) is 105 Å². The number of aliphatic hydroxyl groups is 1. The third-order valence-electron chi connectivity index (χ3n) is 5.17. The van der Waals surface area contributed by atoms with E-state index in [9.17, 15) is 18.7 Å². The van der Waals surface area contributed by atoms with Crippen molar-refractivity contribution >= 4 is 23.2 Å². The lowest BCUT2D eigenvalue weighted by Gasteiger charge is -2.18. The summed E-state index contributed by atoms with van der Waals surface area (Å²) in [4.78, 5) is 21.4. The van der Waals surface area contributed by atoms with Crippen molar-refractivity contribution in [2.24, 2.45) is 0 Å². The molecule has 2 heterocycles. The maximum Gasteiger partial charge on any atom is 0.251 e. The Balaban J connectivity index is 1.63. The zero-order valence-corrected chi connectivity index (χ0v) is 18.2. The van der Waals surface area contributed by atoms with E-state index in [0.717, 1.165) is 0 Å². The highest BCUT2D eigenvalue weighted by atomic mass is 35.5. The van der Waals surface area contributed by atoms with Gasteiger partial charge in [-0.3, -0.25) is 4.79 Å². The van der Waals surface area contributed by atoms with Crippen molar-refractivity contribution in [3.63, 3.8) is 0 Å². The van der Waals surface area contributed by atoms with Gasteiger partial charge in [0.1, 0.15) is 11.6 Å². The number of anilines is 2. The average molecular weight is 469 g/mol. The highest BCUT2D eigenvalue weighted by Crippen LogP contribution is 2.24. The smallest absolute Gasteiger partial charge is 0.251 e. The van der Waals surface area contributed by atoms with Crippen LogP contribution < -0.4 is 10.9 Å². The molecule has 2 aromatic heterocycles. The largest absolute Gasteiger partial charge is 0.394 e. The fourth-order valence-corrected chi connectivity index (χ4v) is 3.57. The Morgan fingerprint density at radius 1 is 1.12 bits per heavy atom. The molecule has 4 rings (SSSR count). The van der Waals surface area contributed by atoms with E-state index in [-0.39, 0.29) is 16.8 Å². The number of hydrogen-bond acceptors (Lipinski definition) is 5. The van der Waals surface area contributed by atoms with Crippen molar-refractivity contribution in [1.82, 2.24) is 14.5 Å². The van der Waals surface area contributed by atoms with Gasteiger partial charge in [-0.05, 0) is 60.5 Å². The molecule has 0 fully saturated rings. The van der Waals surface area contributed by atoms with Crippen molar-refractivity contribution in [3.8, 4) is 11.3 Å². The maximum absolute atomic E-state index is 13.9. The minimum absolute atomic E-state index is 0.0397. The minimum Gasteiger partial charge on any atom is -0.394 e. The molecule has 0 spiro atoms. The molecule has 1 unspecified atom stereocenters. The molecule has 6 nitrogen and oxygen atoms in total. The Morgan fingerprint density at radius 2 is 1.94 bits per heavy atom. The standard InChI is InChI=1S/C24H19ClF2N4O2/c1-14-10-17(26)3-5-20(14)29-24-28-8-6-21(30-24)15-7-9-31(23(33)12-15)22(13-32)16-2-4-18(25)19(27)11-16/h2-12,22,32H,13H2,1H3,(H,28,29,30). The minimum atomic E-state index is -0.776. The maximum atomic E-state index is 13.9. The molecule has 4 aromatic rings. The highest BCUT2D eigenvalue weighted by Gasteiger charge is 2.16. The van der Waals surface area contributed by atoms with Crippen LogP contribution in [0.3, 0.4) is 0 Å². The molecule has 0 aliphatic carbocycles. The molecule has 1 atom stereocenters. The molecule has 0 amide bonds. The Labute approximate surface area is 193 Å². The summed E-state index contributed by atoms with van der Waals surface area (Å²) in [6.45, 7) is 1.36. The van der Waals surface area contributed by atoms with E-state index in [1.807, 2.05) is 0 Å². The van der Waals surface area contributed by atoms with E-state index in [0.29, 0.717) is 28.1 Å². The van der Waals surface area contributed by atoms with Crippen LogP contribution in [0.2, 0.25) is 5.02 Å². The monoisotopic (exact) mass is 468 g/mol. The van der Waals surface area contributed by atoms with Gasteiger partial charge in [-0.2, -0.15) is 0 Å². The molecular weight excluding hydrogens is 450 g/mol. The molecule has 0 saturated heterocycles. The van der Waals surface area contributed by atoms with Gasteiger partial charge in [0.05, 0.1) is 23.4 Å². The highest BCUT2D eigenvalue weighted by molar-refractivity contribution is 6.30. The van der Waals surface area contributed by atoms with Gasteiger partial charge in [0, 0.05) is 29.7 Å². The quantitative estimate of drug-likeness (QED) is 0.422. The van der Waals surface area contributed by atoms with Crippen LogP contribution in [0.5, 0.6) is 0 Å². The number of hydrogen-bond donors (Lipinski definition) is 2. The number of nitrogens with one attached hydrogen (secondary N) is 1. The summed E-state index contributed by atoms with van der Waals surface area (Å²) in [7, 11) is 0. The first-order valence-electron chi connectivity index (χ1n) is 10.0. The van der Waals surface area contributed by atoms with E-state index in [2.05, 4.69) is 15.3 Å². The van der Waals surface area contributed by atoms with E-state index in [1.165, 1.54) is 41.1 Å². The summed E-state index contributed by atoms with van der Waals surface area (Å²) in [5, 5.41) is 12.9.